The van der Waals surface area contributed by atoms with Gasteiger partial charge in [0.15, 0.2) is 0 Å². The molecule has 0 atom stereocenters. The Morgan fingerprint density at radius 3 is 2.71 bits per heavy atom. The van der Waals surface area contributed by atoms with E-state index in [1.54, 1.807) is 11.3 Å². The third-order valence-corrected chi connectivity index (χ3v) is 3.21. The average Bonchev–Trinajstić information content (AvgIpc) is 2.78. The van der Waals surface area contributed by atoms with Crippen LogP contribution in [0.5, 0.6) is 0 Å². The molecule has 0 N–H and O–H groups in total. The molecule has 90 valence electrons. The summed E-state index contributed by atoms with van der Waals surface area (Å²) in [4.78, 5) is 4.57. The molecule has 1 heterocycles. The molecule has 0 fully saturated rings. The van der Waals surface area contributed by atoms with Crippen LogP contribution in [0.15, 0.2) is 35.7 Å². The van der Waals surface area contributed by atoms with Gasteiger partial charge >= 0.3 is 0 Å². The Balaban J connectivity index is 1.97. The van der Waals surface area contributed by atoms with Gasteiger partial charge in [-0.05, 0) is 5.92 Å². The molecular weight excluding hydrogens is 230 g/mol. The number of rotatable bonds is 5. The predicted octanol–water partition coefficient (Wildman–Crippen LogP) is 3.98. The number of hydrogen-bond acceptors (Lipinski definition) is 3. The van der Waals surface area contributed by atoms with E-state index >= 15 is 0 Å². The highest BCUT2D eigenvalue weighted by atomic mass is 32.1. The third kappa shape index (κ3) is 3.65. The second kappa shape index (κ2) is 5.94. The maximum Gasteiger partial charge on any atom is 0.123 e. The first-order valence-electron chi connectivity index (χ1n) is 5.83. The Kier molecular flexibility index (Phi) is 4.29. The van der Waals surface area contributed by atoms with Crippen LogP contribution in [-0.2, 0) is 11.3 Å². The molecule has 2 rings (SSSR count). The summed E-state index contributed by atoms with van der Waals surface area (Å²) >= 11 is 1.67. The Bertz CT molecular complexity index is 450. The number of ether oxygens (including phenoxy) is 1. The highest BCUT2D eigenvalue weighted by Gasteiger charge is 2.04. The first-order chi connectivity index (χ1) is 8.25. The van der Waals surface area contributed by atoms with Gasteiger partial charge in [-0.1, -0.05) is 44.2 Å². The Labute approximate surface area is 106 Å². The molecule has 0 saturated heterocycles. The van der Waals surface area contributed by atoms with Crippen molar-refractivity contribution in [3.05, 3.63) is 41.4 Å². The molecule has 0 aliphatic heterocycles. The van der Waals surface area contributed by atoms with E-state index < -0.39 is 0 Å². The first kappa shape index (κ1) is 12.3. The molecular formula is C14H17NOS. The van der Waals surface area contributed by atoms with Gasteiger partial charge in [0.2, 0.25) is 0 Å². The maximum atomic E-state index is 5.57. The highest BCUT2D eigenvalue weighted by Crippen LogP contribution is 2.23. The molecule has 0 aliphatic carbocycles. The van der Waals surface area contributed by atoms with Gasteiger partial charge in [-0.3, -0.25) is 0 Å². The van der Waals surface area contributed by atoms with E-state index in [0.717, 1.165) is 17.3 Å². The second-order valence-electron chi connectivity index (χ2n) is 4.42. The molecule has 17 heavy (non-hydrogen) atoms. The zero-order valence-corrected chi connectivity index (χ0v) is 11.0. The summed E-state index contributed by atoms with van der Waals surface area (Å²) in [6.07, 6.45) is 0. The van der Waals surface area contributed by atoms with Crippen molar-refractivity contribution in [1.29, 1.82) is 0 Å². The number of nitrogens with zero attached hydrogens (tertiary/aromatic N) is 1. The molecule has 0 amide bonds. The number of benzene rings is 1. The van der Waals surface area contributed by atoms with E-state index in [2.05, 4.69) is 36.3 Å². The van der Waals surface area contributed by atoms with E-state index in [-0.39, 0.29) is 0 Å². The van der Waals surface area contributed by atoms with Crippen molar-refractivity contribution in [2.45, 2.75) is 20.5 Å². The van der Waals surface area contributed by atoms with Crippen LogP contribution >= 0.6 is 11.3 Å². The predicted molar refractivity (Wildman–Crippen MR) is 72.0 cm³/mol. The van der Waals surface area contributed by atoms with Crippen molar-refractivity contribution in [3.63, 3.8) is 0 Å². The monoisotopic (exact) mass is 247 g/mol. The van der Waals surface area contributed by atoms with E-state index in [1.165, 1.54) is 5.56 Å². The van der Waals surface area contributed by atoms with Crippen LogP contribution in [0.2, 0.25) is 0 Å². The van der Waals surface area contributed by atoms with E-state index in [0.29, 0.717) is 12.5 Å². The SMILES string of the molecule is CC(C)COCc1csc(-c2ccccc2)n1. The third-order valence-electron chi connectivity index (χ3n) is 2.27. The minimum atomic E-state index is 0.572. The van der Waals surface area contributed by atoms with Gasteiger partial charge in [-0.2, -0.15) is 0 Å². The number of hydrogen-bond donors (Lipinski definition) is 0. The van der Waals surface area contributed by atoms with Crippen LogP contribution in [-0.4, -0.2) is 11.6 Å². The molecule has 0 bridgehead atoms. The summed E-state index contributed by atoms with van der Waals surface area (Å²) in [5, 5.41) is 3.14. The van der Waals surface area contributed by atoms with Gasteiger partial charge in [0.05, 0.1) is 12.3 Å². The molecule has 0 radical (unpaired) electrons. The summed E-state index contributed by atoms with van der Waals surface area (Å²) < 4.78 is 5.57. The topological polar surface area (TPSA) is 22.1 Å². The minimum absolute atomic E-state index is 0.572. The van der Waals surface area contributed by atoms with Crippen LogP contribution in [0.3, 0.4) is 0 Å². The van der Waals surface area contributed by atoms with Crippen molar-refractivity contribution >= 4 is 11.3 Å². The number of thiazole rings is 1. The van der Waals surface area contributed by atoms with Gasteiger partial charge < -0.3 is 4.74 Å². The Morgan fingerprint density at radius 2 is 2.00 bits per heavy atom. The van der Waals surface area contributed by atoms with Crippen molar-refractivity contribution in [1.82, 2.24) is 4.98 Å². The van der Waals surface area contributed by atoms with Crippen molar-refractivity contribution < 1.29 is 4.74 Å². The van der Waals surface area contributed by atoms with E-state index in [9.17, 15) is 0 Å². The summed E-state index contributed by atoms with van der Waals surface area (Å²) in [6.45, 7) is 5.70. The van der Waals surface area contributed by atoms with Crippen molar-refractivity contribution in [2.75, 3.05) is 6.61 Å². The van der Waals surface area contributed by atoms with Crippen LogP contribution in [0, 0.1) is 5.92 Å². The van der Waals surface area contributed by atoms with Crippen LogP contribution in [0.25, 0.3) is 10.6 Å². The van der Waals surface area contributed by atoms with Crippen LogP contribution in [0.4, 0.5) is 0 Å². The summed E-state index contributed by atoms with van der Waals surface area (Å²) in [6, 6.07) is 10.2. The minimum Gasteiger partial charge on any atom is -0.375 e. The molecule has 0 saturated carbocycles. The fourth-order valence-corrected chi connectivity index (χ4v) is 2.30. The van der Waals surface area contributed by atoms with Crippen molar-refractivity contribution in [2.24, 2.45) is 5.92 Å². The molecule has 2 nitrogen and oxygen atoms in total. The largest absolute Gasteiger partial charge is 0.375 e. The van der Waals surface area contributed by atoms with Gasteiger partial charge in [0.25, 0.3) is 0 Å². The Morgan fingerprint density at radius 1 is 1.24 bits per heavy atom. The lowest BCUT2D eigenvalue weighted by Gasteiger charge is -2.04. The normalized spacial score (nSPS) is 11.0. The zero-order valence-electron chi connectivity index (χ0n) is 10.2. The lowest BCUT2D eigenvalue weighted by Crippen LogP contribution is -2.01. The van der Waals surface area contributed by atoms with E-state index in [1.807, 2.05) is 18.2 Å². The maximum absolute atomic E-state index is 5.57. The molecule has 0 unspecified atom stereocenters. The van der Waals surface area contributed by atoms with Gasteiger partial charge in [-0.25, -0.2) is 4.98 Å². The molecule has 1 aromatic carbocycles. The fourth-order valence-electron chi connectivity index (χ4n) is 1.49. The lowest BCUT2D eigenvalue weighted by atomic mass is 10.2. The molecule has 0 spiro atoms. The van der Waals surface area contributed by atoms with E-state index in [4.69, 9.17) is 4.74 Å². The average molecular weight is 247 g/mol. The highest BCUT2D eigenvalue weighted by molar-refractivity contribution is 7.13. The van der Waals surface area contributed by atoms with Gasteiger partial charge in [0.1, 0.15) is 5.01 Å². The van der Waals surface area contributed by atoms with Gasteiger partial charge in [0, 0.05) is 17.6 Å². The summed E-state index contributed by atoms with van der Waals surface area (Å²) in [5.41, 5.74) is 2.20. The number of aromatic nitrogens is 1. The summed E-state index contributed by atoms with van der Waals surface area (Å²) in [5.74, 6) is 0.572. The van der Waals surface area contributed by atoms with Gasteiger partial charge in [-0.15, -0.1) is 11.3 Å². The smallest absolute Gasteiger partial charge is 0.123 e. The Hall–Kier alpha value is -1.19. The standard InChI is InChI=1S/C14H17NOS/c1-11(2)8-16-9-13-10-17-14(15-13)12-6-4-3-5-7-12/h3-7,10-11H,8-9H2,1-2H3. The fraction of sp³-hybridized carbons (Fsp3) is 0.357. The van der Waals surface area contributed by atoms with Crippen molar-refractivity contribution in [3.8, 4) is 10.6 Å². The molecule has 0 aliphatic rings. The molecule has 3 heteroatoms. The second-order valence-corrected chi connectivity index (χ2v) is 5.28. The quantitative estimate of drug-likeness (QED) is 0.797. The molecule has 2 aromatic rings. The zero-order chi connectivity index (χ0) is 12.1. The summed E-state index contributed by atoms with van der Waals surface area (Å²) in [7, 11) is 0. The molecule has 1 aromatic heterocycles. The first-order valence-corrected chi connectivity index (χ1v) is 6.71. The van der Waals surface area contributed by atoms with Crippen LogP contribution < -0.4 is 0 Å². The lowest BCUT2D eigenvalue weighted by molar-refractivity contribution is 0.0952. The van der Waals surface area contributed by atoms with Crippen LogP contribution in [0.1, 0.15) is 19.5 Å².